The van der Waals surface area contributed by atoms with Crippen LogP contribution in [0.2, 0.25) is 0 Å². The van der Waals surface area contributed by atoms with Crippen LogP contribution in [0.5, 0.6) is 0 Å². The molecule has 3 N–H and O–H groups in total. The van der Waals surface area contributed by atoms with E-state index in [1.165, 1.54) is 40.6 Å². The molecule has 1 aromatic carbocycles. The van der Waals surface area contributed by atoms with Crippen molar-refractivity contribution < 1.29 is 4.79 Å². The topological polar surface area (TPSA) is 74.2 Å². The van der Waals surface area contributed by atoms with Gasteiger partial charge in [-0.3, -0.25) is 4.79 Å². The Labute approximate surface area is 194 Å². The fourth-order valence-corrected chi connectivity index (χ4v) is 5.26. The lowest BCUT2D eigenvalue weighted by Crippen LogP contribution is -2.26. The van der Waals surface area contributed by atoms with Crippen LogP contribution in [-0.4, -0.2) is 40.4 Å². The molecule has 5 rings (SSSR count). The van der Waals surface area contributed by atoms with E-state index in [4.69, 9.17) is 0 Å². The largest absolute Gasteiger partial charge is 0.359 e. The first-order valence-electron chi connectivity index (χ1n) is 12.0. The van der Waals surface area contributed by atoms with E-state index in [9.17, 15) is 4.79 Å². The number of carbonyl (C=O) groups excluding carboxylic acids is 1. The maximum atomic E-state index is 11.8. The number of hydrogen-bond donors (Lipinski definition) is 3. The number of pyridine rings is 1. The van der Waals surface area contributed by atoms with Gasteiger partial charge in [0.25, 0.3) is 0 Å². The zero-order valence-electron chi connectivity index (χ0n) is 20.0. The molecule has 1 aliphatic rings. The average molecular weight is 444 g/mol. The van der Waals surface area contributed by atoms with E-state index in [0.717, 1.165) is 35.6 Å². The molecule has 1 saturated heterocycles. The Hall–Kier alpha value is -3.12. The first-order chi connectivity index (χ1) is 15.9. The molecule has 0 saturated carbocycles. The first kappa shape index (κ1) is 21.7. The standard InChI is InChI=1S/C27H33N5O/c1-16(2)25-22-12-19(18-7-9-29-10-8-18)5-6-23(22)31-26(25)20-11-17(3)27-30-21(13-24(33)28-4)15-32(27)14-20/h5-6,11-12,14-16,18,29,31H,7-10,13H2,1-4H3,(H,28,33). The number of carbonyl (C=O) groups is 1. The first-order valence-corrected chi connectivity index (χ1v) is 12.0. The number of likely N-dealkylation sites (N-methyl/N-ethyl adjacent to an activating group) is 1. The number of aromatic nitrogens is 3. The highest BCUT2D eigenvalue weighted by molar-refractivity contribution is 5.92. The Balaban J connectivity index is 1.61. The minimum absolute atomic E-state index is 0.0291. The van der Waals surface area contributed by atoms with Crippen LogP contribution >= 0.6 is 0 Å². The van der Waals surface area contributed by atoms with Crippen LogP contribution in [0, 0.1) is 6.92 Å². The zero-order chi connectivity index (χ0) is 23.1. The summed E-state index contributed by atoms with van der Waals surface area (Å²) in [6.07, 6.45) is 6.79. The van der Waals surface area contributed by atoms with E-state index < -0.39 is 0 Å². The minimum atomic E-state index is -0.0291. The predicted octanol–water partition coefficient (Wildman–Crippen LogP) is 4.67. The van der Waals surface area contributed by atoms with Crippen molar-refractivity contribution in [3.8, 4) is 11.3 Å². The van der Waals surface area contributed by atoms with E-state index in [0.29, 0.717) is 11.8 Å². The maximum absolute atomic E-state index is 11.8. The Bertz CT molecular complexity index is 1320. The van der Waals surface area contributed by atoms with E-state index in [2.05, 4.69) is 76.2 Å². The fraction of sp³-hybridized carbons (Fsp3) is 0.407. The van der Waals surface area contributed by atoms with Gasteiger partial charge in [-0.2, -0.15) is 0 Å². The van der Waals surface area contributed by atoms with Crippen molar-refractivity contribution in [3.63, 3.8) is 0 Å². The Morgan fingerprint density at radius 3 is 2.73 bits per heavy atom. The number of nitrogens with zero attached hydrogens (tertiary/aromatic N) is 2. The third-order valence-electron chi connectivity index (χ3n) is 6.94. The van der Waals surface area contributed by atoms with Crippen molar-refractivity contribution in [2.75, 3.05) is 20.1 Å². The summed E-state index contributed by atoms with van der Waals surface area (Å²) < 4.78 is 2.05. The van der Waals surface area contributed by atoms with Gasteiger partial charge in [-0.05, 0) is 79.6 Å². The minimum Gasteiger partial charge on any atom is -0.359 e. The van der Waals surface area contributed by atoms with Crippen LogP contribution < -0.4 is 10.6 Å². The van der Waals surface area contributed by atoms with E-state index >= 15 is 0 Å². The van der Waals surface area contributed by atoms with Crippen molar-refractivity contribution in [2.45, 2.75) is 51.9 Å². The van der Waals surface area contributed by atoms with E-state index in [-0.39, 0.29) is 12.3 Å². The number of amides is 1. The molecule has 4 aromatic rings. The average Bonchev–Trinajstić information content (AvgIpc) is 3.40. The lowest BCUT2D eigenvalue weighted by molar-refractivity contribution is -0.120. The molecule has 33 heavy (non-hydrogen) atoms. The monoisotopic (exact) mass is 443 g/mol. The Kier molecular flexibility index (Phi) is 5.71. The molecule has 1 amide bonds. The quantitative estimate of drug-likeness (QED) is 0.420. The summed E-state index contributed by atoms with van der Waals surface area (Å²) in [5.74, 6) is 0.996. The van der Waals surface area contributed by atoms with Crippen molar-refractivity contribution in [1.29, 1.82) is 0 Å². The van der Waals surface area contributed by atoms with Crippen molar-refractivity contribution >= 4 is 22.5 Å². The van der Waals surface area contributed by atoms with Crippen LogP contribution in [0.15, 0.2) is 36.7 Å². The molecular weight excluding hydrogens is 410 g/mol. The highest BCUT2D eigenvalue weighted by Crippen LogP contribution is 2.38. The number of imidazole rings is 1. The molecule has 0 bridgehead atoms. The van der Waals surface area contributed by atoms with Crippen LogP contribution in [0.3, 0.4) is 0 Å². The number of H-pyrrole nitrogens is 1. The van der Waals surface area contributed by atoms with E-state index in [1.807, 2.05) is 6.20 Å². The van der Waals surface area contributed by atoms with Crippen LogP contribution in [0.25, 0.3) is 27.8 Å². The van der Waals surface area contributed by atoms with Gasteiger partial charge in [0.1, 0.15) is 5.65 Å². The smallest absolute Gasteiger partial charge is 0.225 e. The van der Waals surface area contributed by atoms with Gasteiger partial charge in [0.15, 0.2) is 0 Å². The normalized spacial score (nSPS) is 15.1. The van der Waals surface area contributed by atoms with E-state index in [1.54, 1.807) is 7.05 Å². The number of benzene rings is 1. The molecule has 3 aromatic heterocycles. The lowest BCUT2D eigenvalue weighted by Gasteiger charge is -2.23. The van der Waals surface area contributed by atoms with Gasteiger partial charge in [-0.15, -0.1) is 0 Å². The summed E-state index contributed by atoms with van der Waals surface area (Å²) in [7, 11) is 1.65. The molecule has 6 heteroatoms. The Morgan fingerprint density at radius 2 is 2.00 bits per heavy atom. The molecule has 1 fully saturated rings. The number of hydrogen-bond acceptors (Lipinski definition) is 3. The van der Waals surface area contributed by atoms with Gasteiger partial charge in [0, 0.05) is 35.9 Å². The summed E-state index contributed by atoms with van der Waals surface area (Å²) in [6.45, 7) is 8.83. The number of rotatable bonds is 5. The van der Waals surface area contributed by atoms with Crippen LogP contribution in [0.4, 0.5) is 0 Å². The van der Waals surface area contributed by atoms with Gasteiger partial charge in [0.2, 0.25) is 5.91 Å². The number of aromatic amines is 1. The van der Waals surface area contributed by atoms with Gasteiger partial charge in [0.05, 0.1) is 17.8 Å². The molecule has 0 radical (unpaired) electrons. The van der Waals surface area contributed by atoms with Gasteiger partial charge in [-0.25, -0.2) is 4.98 Å². The molecule has 0 spiro atoms. The molecule has 172 valence electrons. The fourth-order valence-electron chi connectivity index (χ4n) is 5.26. The summed E-state index contributed by atoms with van der Waals surface area (Å²) in [5.41, 5.74) is 9.10. The number of aryl methyl sites for hydroxylation is 1. The summed E-state index contributed by atoms with van der Waals surface area (Å²) >= 11 is 0. The SMILES string of the molecule is CNC(=O)Cc1cn2cc(-c3[nH]c4ccc(C5CCNCC5)cc4c3C(C)C)cc(C)c2n1. The summed E-state index contributed by atoms with van der Waals surface area (Å²) in [5, 5.41) is 7.49. The molecule has 0 aliphatic carbocycles. The predicted molar refractivity (Wildman–Crippen MR) is 134 cm³/mol. The Morgan fingerprint density at radius 1 is 1.21 bits per heavy atom. The second-order valence-electron chi connectivity index (χ2n) is 9.62. The molecule has 0 atom stereocenters. The van der Waals surface area contributed by atoms with Crippen molar-refractivity contribution in [2.24, 2.45) is 0 Å². The van der Waals surface area contributed by atoms with Crippen LogP contribution in [-0.2, 0) is 11.2 Å². The number of piperidine rings is 1. The highest BCUT2D eigenvalue weighted by Gasteiger charge is 2.21. The third-order valence-corrected chi connectivity index (χ3v) is 6.94. The zero-order valence-corrected chi connectivity index (χ0v) is 20.0. The molecule has 1 aliphatic heterocycles. The number of fused-ring (bicyclic) bond motifs is 2. The second kappa shape index (κ2) is 8.67. The third kappa shape index (κ3) is 4.04. The lowest BCUT2D eigenvalue weighted by atomic mass is 9.88. The molecule has 4 heterocycles. The van der Waals surface area contributed by atoms with Gasteiger partial charge in [-0.1, -0.05) is 19.9 Å². The van der Waals surface area contributed by atoms with Crippen molar-refractivity contribution in [3.05, 3.63) is 59.0 Å². The van der Waals surface area contributed by atoms with Crippen molar-refractivity contribution in [1.82, 2.24) is 25.0 Å². The van der Waals surface area contributed by atoms with Crippen LogP contribution in [0.1, 0.15) is 60.9 Å². The van der Waals surface area contributed by atoms with Gasteiger partial charge < -0.3 is 20.0 Å². The summed E-state index contributed by atoms with van der Waals surface area (Å²) in [6, 6.07) is 9.19. The molecule has 0 unspecified atom stereocenters. The van der Waals surface area contributed by atoms with Gasteiger partial charge >= 0.3 is 0 Å². The number of nitrogens with one attached hydrogen (secondary N) is 3. The highest BCUT2D eigenvalue weighted by atomic mass is 16.1. The summed E-state index contributed by atoms with van der Waals surface area (Å²) in [4.78, 5) is 20.2. The second-order valence-corrected chi connectivity index (χ2v) is 9.62. The molecule has 6 nitrogen and oxygen atoms in total. The maximum Gasteiger partial charge on any atom is 0.225 e. The molecular formula is C27H33N5O.